The van der Waals surface area contributed by atoms with Crippen molar-refractivity contribution < 1.29 is 0 Å². The van der Waals surface area contributed by atoms with Crippen LogP contribution in [0.3, 0.4) is 0 Å². The highest BCUT2D eigenvalue weighted by Gasteiger charge is 2.37. The summed E-state index contributed by atoms with van der Waals surface area (Å²) in [5.74, 6) is 0. The van der Waals surface area contributed by atoms with Gasteiger partial charge in [-0.2, -0.15) is 0 Å². The average Bonchev–Trinajstić information content (AvgIpc) is 2.55. The van der Waals surface area contributed by atoms with E-state index in [4.69, 9.17) is 0 Å². The number of benzene rings is 1. The molecule has 0 N–H and O–H groups in total. The summed E-state index contributed by atoms with van der Waals surface area (Å²) in [6.45, 7) is 10.9. The molecule has 1 aromatic carbocycles. The van der Waals surface area contributed by atoms with Crippen LogP contribution < -0.4 is 5.30 Å². The third-order valence-electron chi connectivity index (χ3n) is 4.50. The zero-order chi connectivity index (χ0) is 15.6. The van der Waals surface area contributed by atoms with Crippen LogP contribution in [-0.2, 0) is 0 Å². The Hall–Kier alpha value is -0.610. The van der Waals surface area contributed by atoms with Gasteiger partial charge in [-0.25, -0.2) is 0 Å². The van der Waals surface area contributed by atoms with E-state index >= 15 is 0 Å². The normalized spacial score (nSPS) is 11.6. The second-order valence-electron chi connectivity index (χ2n) is 6.17. The van der Waals surface area contributed by atoms with Crippen LogP contribution in [0.2, 0.25) is 0 Å². The Morgan fingerprint density at radius 3 is 1.57 bits per heavy atom. The largest absolute Gasteiger partial charge is 0.0985 e. The van der Waals surface area contributed by atoms with Crippen LogP contribution >= 0.6 is 7.26 Å². The Morgan fingerprint density at radius 2 is 1.24 bits per heavy atom. The van der Waals surface area contributed by atoms with E-state index in [-0.39, 0.29) is 0 Å². The summed E-state index contributed by atoms with van der Waals surface area (Å²) < 4.78 is 0. The van der Waals surface area contributed by atoms with Crippen molar-refractivity contribution in [1.82, 2.24) is 0 Å². The number of unbranched alkanes of at least 4 members (excludes halogenated alkanes) is 3. The van der Waals surface area contributed by atoms with Gasteiger partial charge in [0.2, 0.25) is 0 Å². The summed E-state index contributed by atoms with van der Waals surface area (Å²) in [6, 6.07) is 9.35. The van der Waals surface area contributed by atoms with E-state index in [1.165, 1.54) is 62.6 Å². The maximum absolute atomic E-state index is 3.88. The molecule has 0 atom stereocenters. The van der Waals surface area contributed by atoms with Crippen LogP contribution in [0.15, 0.2) is 30.8 Å². The first-order valence-corrected chi connectivity index (χ1v) is 11.2. The highest BCUT2D eigenvalue weighted by Crippen LogP contribution is 2.59. The minimum atomic E-state index is -0.963. The van der Waals surface area contributed by atoms with E-state index in [1.807, 2.05) is 6.08 Å². The molecule has 21 heavy (non-hydrogen) atoms. The zero-order valence-electron chi connectivity index (χ0n) is 14.4. The van der Waals surface area contributed by atoms with Crippen LogP contribution in [0.25, 0.3) is 6.08 Å². The van der Waals surface area contributed by atoms with Crippen LogP contribution in [0.4, 0.5) is 0 Å². The van der Waals surface area contributed by atoms with Crippen molar-refractivity contribution in [3.63, 3.8) is 0 Å². The van der Waals surface area contributed by atoms with E-state index < -0.39 is 7.26 Å². The van der Waals surface area contributed by atoms with Gasteiger partial charge in [0.05, 0.1) is 23.8 Å². The van der Waals surface area contributed by atoms with Gasteiger partial charge in [-0.1, -0.05) is 64.8 Å². The molecule has 0 spiro atoms. The van der Waals surface area contributed by atoms with Gasteiger partial charge in [-0.05, 0) is 37.0 Å². The summed E-state index contributed by atoms with van der Waals surface area (Å²) in [4.78, 5) is 0. The summed E-state index contributed by atoms with van der Waals surface area (Å²) in [5.41, 5.74) is 1.25. The standard InChI is InChI=1S/C20H34P/c1-5-9-16-21(17-10-6-2,18-11-7-3)20-14-12-19(8-4)13-15-20/h8,12-15H,4-7,9-11,16-18H2,1-3H3/q+1. The number of hydrogen-bond acceptors (Lipinski definition) is 0. The van der Waals surface area contributed by atoms with E-state index in [0.29, 0.717) is 0 Å². The molecule has 0 bridgehead atoms. The van der Waals surface area contributed by atoms with Crippen molar-refractivity contribution in [1.29, 1.82) is 0 Å². The molecule has 1 heteroatoms. The lowest BCUT2D eigenvalue weighted by molar-refractivity contribution is 0.841. The quantitative estimate of drug-likeness (QED) is 0.416. The van der Waals surface area contributed by atoms with Crippen molar-refractivity contribution in [3.05, 3.63) is 36.4 Å². The minimum Gasteiger partial charge on any atom is -0.0985 e. The average molecular weight is 305 g/mol. The van der Waals surface area contributed by atoms with Gasteiger partial charge in [0, 0.05) is 7.26 Å². The smallest absolute Gasteiger partial charge is 0.0939 e. The fourth-order valence-electron chi connectivity index (χ4n) is 3.03. The SMILES string of the molecule is C=Cc1ccc([P+](CCCC)(CCCC)CCCC)cc1. The van der Waals surface area contributed by atoms with Gasteiger partial charge in [-0.3, -0.25) is 0 Å². The maximum atomic E-state index is 3.88. The van der Waals surface area contributed by atoms with Gasteiger partial charge >= 0.3 is 0 Å². The van der Waals surface area contributed by atoms with Crippen LogP contribution in [0, 0.1) is 0 Å². The van der Waals surface area contributed by atoms with Crippen LogP contribution in [0.5, 0.6) is 0 Å². The molecule has 0 saturated carbocycles. The second kappa shape index (κ2) is 10.2. The number of rotatable bonds is 11. The van der Waals surface area contributed by atoms with E-state index in [1.54, 1.807) is 5.30 Å². The number of hydrogen-bond donors (Lipinski definition) is 0. The molecule has 1 rings (SSSR count). The van der Waals surface area contributed by atoms with Gasteiger partial charge < -0.3 is 0 Å². The van der Waals surface area contributed by atoms with Crippen molar-refractivity contribution in [2.75, 3.05) is 18.5 Å². The maximum Gasteiger partial charge on any atom is 0.0939 e. The van der Waals surface area contributed by atoms with Crippen LogP contribution in [0.1, 0.15) is 64.9 Å². The molecule has 0 aliphatic carbocycles. The van der Waals surface area contributed by atoms with Crippen molar-refractivity contribution in [3.8, 4) is 0 Å². The first-order chi connectivity index (χ1) is 10.2. The van der Waals surface area contributed by atoms with Crippen molar-refractivity contribution >= 4 is 18.6 Å². The van der Waals surface area contributed by atoms with E-state index in [9.17, 15) is 0 Å². The molecule has 1 aromatic rings. The molecule has 0 amide bonds. The third-order valence-corrected chi connectivity index (χ3v) is 9.41. The van der Waals surface area contributed by atoms with Crippen molar-refractivity contribution in [2.45, 2.75) is 59.3 Å². The lowest BCUT2D eigenvalue weighted by Gasteiger charge is -2.28. The Bertz CT molecular complexity index is 369. The van der Waals surface area contributed by atoms with E-state index in [0.717, 1.165) is 0 Å². The lowest BCUT2D eigenvalue weighted by Crippen LogP contribution is -2.21. The summed E-state index contributed by atoms with van der Waals surface area (Å²) in [7, 11) is -0.963. The predicted octanol–water partition coefficient (Wildman–Crippen LogP) is 6.37. The Kier molecular flexibility index (Phi) is 8.93. The summed E-state index contributed by atoms with van der Waals surface area (Å²) in [5, 5.41) is 1.67. The first-order valence-electron chi connectivity index (χ1n) is 8.81. The Morgan fingerprint density at radius 1 is 0.810 bits per heavy atom. The lowest BCUT2D eigenvalue weighted by atomic mass is 10.2. The molecule has 0 fully saturated rings. The summed E-state index contributed by atoms with van der Waals surface area (Å²) >= 11 is 0. The van der Waals surface area contributed by atoms with Gasteiger partial charge in [0.25, 0.3) is 0 Å². The zero-order valence-corrected chi connectivity index (χ0v) is 15.3. The summed E-state index contributed by atoms with van der Waals surface area (Å²) in [6.07, 6.45) is 14.5. The fourth-order valence-corrected chi connectivity index (χ4v) is 8.02. The highest BCUT2D eigenvalue weighted by atomic mass is 31.2. The molecule has 0 radical (unpaired) electrons. The molecule has 118 valence electrons. The highest BCUT2D eigenvalue weighted by molar-refractivity contribution is 7.82. The fraction of sp³-hybridized carbons (Fsp3) is 0.600. The molecule has 0 saturated heterocycles. The Balaban J connectivity index is 3.05. The van der Waals surface area contributed by atoms with Crippen molar-refractivity contribution in [2.24, 2.45) is 0 Å². The molecular weight excluding hydrogens is 271 g/mol. The molecule has 0 nitrogen and oxygen atoms in total. The third kappa shape index (κ3) is 5.59. The molecule has 0 unspecified atom stereocenters. The topological polar surface area (TPSA) is 0 Å². The van der Waals surface area contributed by atoms with Gasteiger partial charge in [0.1, 0.15) is 0 Å². The predicted molar refractivity (Wildman–Crippen MR) is 102 cm³/mol. The molecule has 0 heterocycles. The molecular formula is C20H34P+. The minimum absolute atomic E-state index is 0.963. The monoisotopic (exact) mass is 305 g/mol. The first kappa shape index (κ1) is 18.4. The molecule has 0 aliphatic heterocycles. The molecule has 0 aromatic heterocycles. The van der Waals surface area contributed by atoms with Gasteiger partial charge in [-0.15, -0.1) is 0 Å². The van der Waals surface area contributed by atoms with Gasteiger partial charge in [0.15, 0.2) is 0 Å². The second-order valence-corrected chi connectivity index (χ2v) is 10.3. The van der Waals surface area contributed by atoms with E-state index in [2.05, 4.69) is 51.6 Å². The molecule has 0 aliphatic rings. The van der Waals surface area contributed by atoms with Crippen LogP contribution in [-0.4, -0.2) is 18.5 Å². The Labute approximate surface area is 133 Å².